The number of fused-ring (bicyclic) bond motifs is 2. The Kier molecular flexibility index (Phi) is 4.70. The Balaban J connectivity index is 1.56. The second-order valence-electron chi connectivity index (χ2n) is 7.29. The van der Waals surface area contributed by atoms with Crippen molar-refractivity contribution in [2.24, 2.45) is 5.92 Å². The summed E-state index contributed by atoms with van der Waals surface area (Å²) < 4.78 is 19.5. The second-order valence-corrected chi connectivity index (χ2v) is 7.72. The molecule has 0 aromatic heterocycles. The van der Waals surface area contributed by atoms with Crippen LogP contribution in [0.3, 0.4) is 0 Å². The minimum absolute atomic E-state index is 0.173. The second kappa shape index (κ2) is 6.97. The molecule has 2 fully saturated rings. The molecule has 0 saturated carbocycles. The van der Waals surface area contributed by atoms with Crippen molar-refractivity contribution in [3.05, 3.63) is 64.9 Å². The molecule has 4 rings (SSSR count). The van der Waals surface area contributed by atoms with Gasteiger partial charge in [0.15, 0.2) is 0 Å². The molecular formula is C21H23ClFNO. The lowest BCUT2D eigenvalue weighted by Crippen LogP contribution is -2.47. The maximum Gasteiger partial charge on any atom is 0.123 e. The zero-order valence-electron chi connectivity index (χ0n) is 14.4. The van der Waals surface area contributed by atoms with Gasteiger partial charge < -0.3 is 9.64 Å². The van der Waals surface area contributed by atoms with Crippen molar-refractivity contribution in [3.8, 4) is 5.75 Å². The van der Waals surface area contributed by atoms with Crippen molar-refractivity contribution in [2.45, 2.75) is 37.3 Å². The number of ether oxygens (including phenoxy) is 1. The molecule has 25 heavy (non-hydrogen) atoms. The lowest BCUT2D eigenvalue weighted by molar-refractivity contribution is 0.0665. The predicted octanol–water partition coefficient (Wildman–Crippen LogP) is 5.12. The van der Waals surface area contributed by atoms with Crippen LogP contribution in [0.25, 0.3) is 0 Å². The highest BCUT2D eigenvalue weighted by Crippen LogP contribution is 2.46. The van der Waals surface area contributed by atoms with E-state index in [9.17, 15) is 4.39 Å². The summed E-state index contributed by atoms with van der Waals surface area (Å²) in [6.07, 6.45) is 3.58. The summed E-state index contributed by atoms with van der Waals surface area (Å²) in [4.78, 5) is 2.52. The molecule has 2 bridgehead atoms. The van der Waals surface area contributed by atoms with Crippen molar-refractivity contribution in [3.63, 3.8) is 0 Å². The lowest BCUT2D eigenvalue weighted by atomic mass is 9.76. The van der Waals surface area contributed by atoms with E-state index in [0.29, 0.717) is 35.5 Å². The summed E-state index contributed by atoms with van der Waals surface area (Å²) in [7, 11) is 2.23. The molecule has 132 valence electrons. The number of nitrogens with zero attached hydrogens (tertiary/aromatic N) is 1. The normalized spacial score (nSPS) is 28.9. The predicted molar refractivity (Wildman–Crippen MR) is 98.8 cm³/mol. The van der Waals surface area contributed by atoms with E-state index in [1.807, 2.05) is 36.4 Å². The number of benzene rings is 2. The summed E-state index contributed by atoms with van der Waals surface area (Å²) in [5, 5.41) is 0.715. The van der Waals surface area contributed by atoms with Gasteiger partial charge in [0.05, 0.1) is 6.61 Å². The molecule has 2 aromatic rings. The third kappa shape index (κ3) is 3.40. The number of rotatable bonds is 4. The Labute approximate surface area is 153 Å². The lowest BCUT2D eigenvalue weighted by Gasteiger charge is -2.43. The van der Waals surface area contributed by atoms with Gasteiger partial charge in [-0.2, -0.15) is 0 Å². The van der Waals surface area contributed by atoms with E-state index in [1.165, 1.54) is 18.4 Å². The van der Waals surface area contributed by atoms with Crippen LogP contribution in [-0.4, -0.2) is 30.6 Å². The van der Waals surface area contributed by atoms with Gasteiger partial charge in [-0.15, -0.1) is 0 Å². The number of hydrogen-bond donors (Lipinski definition) is 0. The van der Waals surface area contributed by atoms with Crippen molar-refractivity contribution in [2.75, 3.05) is 13.7 Å². The first-order valence-corrected chi connectivity index (χ1v) is 9.35. The van der Waals surface area contributed by atoms with E-state index in [0.717, 1.165) is 12.2 Å². The van der Waals surface area contributed by atoms with Gasteiger partial charge in [0.2, 0.25) is 0 Å². The Morgan fingerprint density at radius 3 is 2.52 bits per heavy atom. The summed E-state index contributed by atoms with van der Waals surface area (Å²) >= 11 is 5.95. The van der Waals surface area contributed by atoms with Gasteiger partial charge in [0.1, 0.15) is 11.6 Å². The van der Waals surface area contributed by atoms with E-state index in [2.05, 4.69) is 11.9 Å². The van der Waals surface area contributed by atoms with Crippen molar-refractivity contribution in [1.82, 2.24) is 4.90 Å². The average Bonchev–Trinajstić information content (AvgIpc) is 2.86. The molecule has 0 aliphatic carbocycles. The standard InChI is InChI=1S/C21H23ClFNO/c1-24-17-8-11-21(24)20(13-25-18-9-4-15(22)5-10-18)19(12-17)14-2-6-16(23)7-3-14/h2-7,9-10,17,19-21H,8,11-13H2,1H3/t17-,19+,20+,21+/m1/s1. The Morgan fingerprint density at radius 2 is 1.80 bits per heavy atom. The fourth-order valence-corrected chi connectivity index (χ4v) is 4.75. The van der Waals surface area contributed by atoms with E-state index in [-0.39, 0.29) is 5.82 Å². The van der Waals surface area contributed by atoms with Crippen molar-refractivity contribution in [1.29, 1.82) is 0 Å². The van der Waals surface area contributed by atoms with Gasteiger partial charge >= 0.3 is 0 Å². The molecule has 0 amide bonds. The first kappa shape index (κ1) is 16.9. The molecule has 4 atom stereocenters. The van der Waals surface area contributed by atoms with E-state index >= 15 is 0 Å². The van der Waals surface area contributed by atoms with Gasteiger partial charge in [-0.05, 0) is 74.2 Å². The molecule has 0 spiro atoms. The zero-order chi connectivity index (χ0) is 17.4. The minimum Gasteiger partial charge on any atom is -0.493 e. The van der Waals surface area contributed by atoms with Crippen LogP contribution < -0.4 is 4.74 Å². The highest BCUT2D eigenvalue weighted by molar-refractivity contribution is 6.30. The maximum absolute atomic E-state index is 13.3. The highest BCUT2D eigenvalue weighted by atomic mass is 35.5. The number of halogens is 2. The third-order valence-electron chi connectivity index (χ3n) is 5.99. The molecule has 2 aliphatic rings. The van der Waals surface area contributed by atoms with Crippen LogP contribution >= 0.6 is 11.6 Å². The zero-order valence-corrected chi connectivity index (χ0v) is 15.1. The van der Waals surface area contributed by atoms with Crippen LogP contribution in [0.1, 0.15) is 30.7 Å². The van der Waals surface area contributed by atoms with Crippen LogP contribution in [-0.2, 0) is 0 Å². The number of piperidine rings is 1. The molecule has 0 unspecified atom stereocenters. The summed E-state index contributed by atoms with van der Waals surface area (Å²) in [5.74, 6) is 1.50. The molecule has 2 heterocycles. The summed E-state index contributed by atoms with van der Waals surface area (Å²) in [6.45, 7) is 0.672. The monoisotopic (exact) mass is 359 g/mol. The van der Waals surface area contributed by atoms with Gasteiger partial charge in [-0.3, -0.25) is 0 Å². The van der Waals surface area contributed by atoms with E-state index in [1.54, 1.807) is 12.1 Å². The molecule has 0 N–H and O–H groups in total. The Morgan fingerprint density at radius 1 is 1.08 bits per heavy atom. The molecule has 4 heteroatoms. The molecule has 2 aliphatic heterocycles. The van der Waals surface area contributed by atoms with Gasteiger partial charge in [-0.1, -0.05) is 23.7 Å². The van der Waals surface area contributed by atoms with Crippen molar-refractivity contribution < 1.29 is 9.13 Å². The van der Waals surface area contributed by atoms with Crippen LogP contribution in [0.5, 0.6) is 5.75 Å². The summed E-state index contributed by atoms with van der Waals surface area (Å²) in [5.41, 5.74) is 1.23. The van der Waals surface area contributed by atoms with Gasteiger partial charge in [0, 0.05) is 23.0 Å². The SMILES string of the molecule is CN1[C@@H]2CC[C@H]1[C@@H](COc1ccc(Cl)cc1)[C@H](c1ccc(F)cc1)C2. The molecule has 0 radical (unpaired) electrons. The minimum atomic E-state index is -0.173. The maximum atomic E-state index is 13.3. The molecule has 2 nitrogen and oxygen atoms in total. The van der Waals surface area contributed by atoms with Crippen LogP contribution in [0.4, 0.5) is 4.39 Å². The first-order valence-electron chi connectivity index (χ1n) is 8.97. The quantitative estimate of drug-likeness (QED) is 0.750. The van der Waals surface area contributed by atoms with E-state index in [4.69, 9.17) is 16.3 Å². The average molecular weight is 360 g/mol. The van der Waals surface area contributed by atoms with Crippen LogP contribution in [0, 0.1) is 11.7 Å². The Hall–Kier alpha value is -1.58. The summed E-state index contributed by atoms with van der Waals surface area (Å²) in [6, 6.07) is 15.7. The molecular weight excluding hydrogens is 337 g/mol. The van der Waals surface area contributed by atoms with Gasteiger partial charge in [-0.25, -0.2) is 4.39 Å². The largest absolute Gasteiger partial charge is 0.493 e. The third-order valence-corrected chi connectivity index (χ3v) is 6.24. The fraction of sp³-hybridized carbons (Fsp3) is 0.429. The van der Waals surface area contributed by atoms with Crippen LogP contribution in [0.15, 0.2) is 48.5 Å². The first-order chi connectivity index (χ1) is 12.1. The van der Waals surface area contributed by atoms with Gasteiger partial charge in [0.25, 0.3) is 0 Å². The van der Waals surface area contributed by atoms with Crippen molar-refractivity contribution >= 4 is 11.6 Å². The molecule has 2 aromatic carbocycles. The fourth-order valence-electron chi connectivity index (χ4n) is 4.62. The smallest absolute Gasteiger partial charge is 0.123 e. The highest BCUT2D eigenvalue weighted by Gasteiger charge is 2.46. The molecule has 2 saturated heterocycles. The number of hydrogen-bond acceptors (Lipinski definition) is 2. The topological polar surface area (TPSA) is 12.5 Å². The van der Waals surface area contributed by atoms with E-state index < -0.39 is 0 Å². The Bertz CT molecular complexity index is 718. The van der Waals surface area contributed by atoms with Crippen LogP contribution in [0.2, 0.25) is 5.02 Å².